The van der Waals surface area contributed by atoms with E-state index in [0.29, 0.717) is 6.42 Å². The molecule has 0 heterocycles. The fourth-order valence-electron chi connectivity index (χ4n) is 3.60. The molecule has 0 saturated carbocycles. The van der Waals surface area contributed by atoms with Gasteiger partial charge < -0.3 is 30.7 Å². The van der Waals surface area contributed by atoms with Crippen molar-refractivity contribution < 1.29 is 48.9 Å². The highest BCUT2D eigenvalue weighted by Crippen LogP contribution is 2.21. The molecular formula is C24H38N2O10. The number of hydrogen-bond donors (Lipinski definition) is 5. The van der Waals surface area contributed by atoms with Gasteiger partial charge in [-0.3, -0.25) is 28.8 Å². The second kappa shape index (κ2) is 15.8. The van der Waals surface area contributed by atoms with Crippen molar-refractivity contribution in [3.05, 3.63) is 0 Å². The number of rotatable bonds is 18. The van der Waals surface area contributed by atoms with Crippen LogP contribution in [0, 0.1) is 17.8 Å². The molecular weight excluding hydrogens is 476 g/mol. The Bertz CT molecular complexity index is 839. The smallest absolute Gasteiger partial charge is 0.305 e. The molecule has 204 valence electrons. The van der Waals surface area contributed by atoms with E-state index in [2.05, 4.69) is 10.6 Å². The van der Waals surface area contributed by atoms with Crippen LogP contribution < -0.4 is 10.6 Å². The molecule has 5 N–H and O–H groups in total. The van der Waals surface area contributed by atoms with Gasteiger partial charge in [-0.25, -0.2) is 0 Å². The van der Waals surface area contributed by atoms with Crippen LogP contribution in [0.5, 0.6) is 0 Å². The molecule has 6 atom stereocenters. The SMILES string of the molecule is CC[C@H](C)[C@H](CC(C)=O)C(=O)N[C@@H](CCC(=O)O)C(=O)C[C@H](C(=O)N[C@@H](CC(=O)O)C(C)=O)[C@@H](C)O. The number of nitrogens with one attached hydrogen (secondary N) is 2. The molecule has 0 radical (unpaired) electrons. The number of aliphatic carboxylic acids is 2. The zero-order valence-corrected chi connectivity index (χ0v) is 21.4. The summed E-state index contributed by atoms with van der Waals surface area (Å²) in [5, 5.41) is 32.8. The number of ketones is 3. The van der Waals surface area contributed by atoms with Gasteiger partial charge in [0.25, 0.3) is 0 Å². The fourth-order valence-corrected chi connectivity index (χ4v) is 3.60. The summed E-state index contributed by atoms with van der Waals surface area (Å²) < 4.78 is 0. The monoisotopic (exact) mass is 514 g/mol. The first-order valence-electron chi connectivity index (χ1n) is 11.9. The minimum absolute atomic E-state index is 0.0601. The van der Waals surface area contributed by atoms with E-state index in [1.165, 1.54) is 13.8 Å². The molecule has 0 rings (SSSR count). The van der Waals surface area contributed by atoms with Gasteiger partial charge in [0.15, 0.2) is 11.6 Å². The highest BCUT2D eigenvalue weighted by Gasteiger charge is 2.34. The van der Waals surface area contributed by atoms with E-state index in [9.17, 15) is 38.7 Å². The maximum atomic E-state index is 13.1. The van der Waals surface area contributed by atoms with E-state index in [-0.39, 0.29) is 24.5 Å². The standard InChI is InChI=1S/C24H38N2O10/c1-6-12(2)16(9-13(3)27)23(35)25-18(7-8-21(31)32)20(30)10-17(14(4)28)24(36)26-19(15(5)29)11-22(33)34/h12,14,16-19,28H,6-11H2,1-5H3,(H,25,35)(H,26,36)(H,31,32)(H,33,34)/t12-,14+,16-,17-,18-,19-/m0/s1. The van der Waals surface area contributed by atoms with Crippen molar-refractivity contribution >= 4 is 41.1 Å². The van der Waals surface area contributed by atoms with Crippen LogP contribution in [0.15, 0.2) is 0 Å². The number of Topliss-reactive ketones (excluding diaryl/α,β-unsaturated/α-hetero) is 3. The van der Waals surface area contributed by atoms with Gasteiger partial charge in [-0.05, 0) is 33.1 Å². The maximum Gasteiger partial charge on any atom is 0.305 e. The molecule has 0 aromatic carbocycles. The molecule has 0 spiro atoms. The predicted molar refractivity (Wildman–Crippen MR) is 127 cm³/mol. The Morgan fingerprint density at radius 3 is 1.69 bits per heavy atom. The number of carbonyl (C=O) groups is 7. The number of carboxylic acids is 2. The van der Waals surface area contributed by atoms with Gasteiger partial charge in [-0.1, -0.05) is 20.3 Å². The number of amides is 2. The van der Waals surface area contributed by atoms with Gasteiger partial charge in [0.05, 0.1) is 30.5 Å². The summed E-state index contributed by atoms with van der Waals surface area (Å²) in [6.45, 7) is 7.26. The van der Waals surface area contributed by atoms with Crippen molar-refractivity contribution in [1.29, 1.82) is 0 Å². The van der Waals surface area contributed by atoms with Crippen LogP contribution in [0.4, 0.5) is 0 Å². The van der Waals surface area contributed by atoms with Crippen LogP contribution in [-0.2, 0) is 33.6 Å². The third-order valence-electron chi connectivity index (χ3n) is 6.05. The number of hydrogen-bond acceptors (Lipinski definition) is 8. The molecule has 0 saturated heterocycles. The lowest BCUT2D eigenvalue weighted by molar-refractivity contribution is -0.142. The summed E-state index contributed by atoms with van der Waals surface area (Å²) in [5.74, 6) is -7.99. The van der Waals surface area contributed by atoms with Crippen molar-refractivity contribution in [3.63, 3.8) is 0 Å². The molecule has 0 aromatic heterocycles. The van der Waals surface area contributed by atoms with Gasteiger partial charge in [-0.2, -0.15) is 0 Å². The minimum Gasteiger partial charge on any atom is -0.481 e. The van der Waals surface area contributed by atoms with Gasteiger partial charge >= 0.3 is 11.9 Å². The molecule has 12 nitrogen and oxygen atoms in total. The van der Waals surface area contributed by atoms with Gasteiger partial charge in [0, 0.05) is 25.2 Å². The Morgan fingerprint density at radius 1 is 0.750 bits per heavy atom. The van der Waals surface area contributed by atoms with E-state index in [1.807, 2.05) is 6.92 Å². The molecule has 0 fully saturated rings. The normalized spacial score (nSPS) is 15.9. The van der Waals surface area contributed by atoms with Crippen LogP contribution >= 0.6 is 0 Å². The summed E-state index contributed by atoms with van der Waals surface area (Å²) in [4.78, 5) is 84.1. The lowest BCUT2D eigenvalue weighted by Gasteiger charge is -2.27. The molecule has 2 amide bonds. The lowest BCUT2D eigenvalue weighted by atomic mass is 9.86. The first-order valence-corrected chi connectivity index (χ1v) is 11.9. The third kappa shape index (κ3) is 12.0. The molecule has 0 aliphatic rings. The van der Waals surface area contributed by atoms with Crippen molar-refractivity contribution in [2.24, 2.45) is 17.8 Å². The second-order valence-electron chi connectivity index (χ2n) is 9.18. The van der Waals surface area contributed by atoms with E-state index in [4.69, 9.17) is 10.2 Å². The molecule has 0 bridgehead atoms. The average molecular weight is 515 g/mol. The Kier molecular flexibility index (Phi) is 14.4. The zero-order chi connectivity index (χ0) is 28.2. The van der Waals surface area contributed by atoms with Crippen molar-refractivity contribution in [3.8, 4) is 0 Å². The Morgan fingerprint density at radius 2 is 1.28 bits per heavy atom. The van der Waals surface area contributed by atoms with Crippen molar-refractivity contribution in [2.45, 2.75) is 91.3 Å². The van der Waals surface area contributed by atoms with Crippen molar-refractivity contribution in [2.75, 3.05) is 0 Å². The van der Waals surface area contributed by atoms with Gasteiger partial charge in [0.2, 0.25) is 11.8 Å². The number of aliphatic hydroxyl groups is 1. The first kappa shape index (κ1) is 32.9. The molecule has 0 aromatic rings. The fraction of sp³-hybridized carbons (Fsp3) is 0.708. The Labute approximate surface area is 210 Å². The number of carboxylic acid groups (broad SMARTS) is 2. The van der Waals surface area contributed by atoms with E-state index < -0.39 is 84.6 Å². The van der Waals surface area contributed by atoms with Gasteiger partial charge in [-0.15, -0.1) is 0 Å². The molecule has 36 heavy (non-hydrogen) atoms. The van der Waals surface area contributed by atoms with E-state index in [1.54, 1.807) is 6.92 Å². The van der Waals surface area contributed by atoms with Crippen LogP contribution in [0.25, 0.3) is 0 Å². The van der Waals surface area contributed by atoms with Crippen LogP contribution in [0.2, 0.25) is 0 Å². The van der Waals surface area contributed by atoms with Crippen LogP contribution in [0.3, 0.4) is 0 Å². The summed E-state index contributed by atoms with van der Waals surface area (Å²) in [7, 11) is 0. The molecule has 0 aliphatic carbocycles. The largest absolute Gasteiger partial charge is 0.481 e. The number of carbonyl (C=O) groups excluding carboxylic acids is 5. The average Bonchev–Trinajstić information content (AvgIpc) is 2.76. The minimum atomic E-state index is -1.39. The summed E-state index contributed by atoms with van der Waals surface area (Å²) in [5.41, 5.74) is 0. The van der Waals surface area contributed by atoms with E-state index >= 15 is 0 Å². The molecule has 12 heteroatoms. The van der Waals surface area contributed by atoms with Crippen molar-refractivity contribution in [1.82, 2.24) is 10.6 Å². The summed E-state index contributed by atoms with van der Waals surface area (Å²) >= 11 is 0. The second-order valence-corrected chi connectivity index (χ2v) is 9.18. The first-order chi connectivity index (χ1) is 16.6. The summed E-state index contributed by atoms with van der Waals surface area (Å²) in [6.07, 6.45) is -2.90. The predicted octanol–water partition coefficient (Wildman–Crippen LogP) is 0.482. The highest BCUT2D eigenvalue weighted by atomic mass is 16.4. The Hall–Kier alpha value is -3.15. The van der Waals surface area contributed by atoms with Gasteiger partial charge in [0.1, 0.15) is 5.78 Å². The van der Waals surface area contributed by atoms with Crippen LogP contribution in [0.1, 0.15) is 73.1 Å². The van der Waals surface area contributed by atoms with Crippen LogP contribution in [-0.4, -0.2) is 74.6 Å². The Balaban J connectivity index is 5.76. The highest BCUT2D eigenvalue weighted by molar-refractivity contribution is 5.96. The molecule has 0 unspecified atom stereocenters. The molecule has 0 aliphatic heterocycles. The maximum absolute atomic E-state index is 13.1. The van der Waals surface area contributed by atoms with E-state index in [0.717, 1.165) is 6.92 Å². The topological polar surface area (TPSA) is 204 Å². The summed E-state index contributed by atoms with van der Waals surface area (Å²) in [6, 6.07) is -2.67. The number of aliphatic hydroxyl groups excluding tert-OH is 1. The quantitative estimate of drug-likeness (QED) is 0.171. The zero-order valence-electron chi connectivity index (χ0n) is 21.4. The third-order valence-corrected chi connectivity index (χ3v) is 6.05. The lowest BCUT2D eigenvalue weighted by Crippen LogP contribution is -2.49.